The van der Waals surface area contributed by atoms with Gasteiger partial charge in [-0.1, -0.05) is 0 Å². The molecule has 0 saturated carbocycles. The summed E-state index contributed by atoms with van der Waals surface area (Å²) in [7, 11) is 0. The van der Waals surface area contributed by atoms with Crippen LogP contribution < -0.4 is 5.32 Å². The molecule has 0 radical (unpaired) electrons. The monoisotopic (exact) mass is 280 g/mol. The molecule has 3 rings (SSSR count). The number of pyridine rings is 1. The average Bonchev–Trinajstić information content (AvgIpc) is 2.95. The Bertz CT molecular complexity index is 834. The largest absolute Gasteiger partial charge is 0.322 e. The summed E-state index contributed by atoms with van der Waals surface area (Å²) in [6.45, 7) is 0. The zero-order valence-electron chi connectivity index (χ0n) is 10.2. The highest BCUT2D eigenvalue weighted by atomic mass is 32.1. The molecule has 0 aliphatic heterocycles. The molecule has 0 unspecified atom stereocenters. The highest BCUT2D eigenvalue weighted by Gasteiger charge is 2.08. The van der Waals surface area contributed by atoms with Crippen LogP contribution in [0.2, 0.25) is 0 Å². The maximum absolute atomic E-state index is 12.1. The van der Waals surface area contributed by atoms with Gasteiger partial charge in [-0.3, -0.25) is 4.79 Å². The Morgan fingerprint density at radius 3 is 3.00 bits per heavy atom. The molecular formula is C14H8N4OS. The first-order valence-corrected chi connectivity index (χ1v) is 6.65. The third-order valence-corrected chi connectivity index (χ3v) is 3.52. The van der Waals surface area contributed by atoms with E-state index in [1.165, 1.54) is 23.6 Å². The molecule has 0 atom stereocenters. The number of hydrogen-bond donors (Lipinski definition) is 1. The number of nitrogens with zero attached hydrogens (tertiary/aromatic N) is 3. The molecule has 1 aromatic carbocycles. The van der Waals surface area contributed by atoms with Crippen molar-refractivity contribution >= 4 is 33.1 Å². The average molecular weight is 280 g/mol. The fourth-order valence-electron chi connectivity index (χ4n) is 1.77. The highest BCUT2D eigenvalue weighted by molar-refractivity contribution is 7.16. The van der Waals surface area contributed by atoms with Crippen molar-refractivity contribution in [3.05, 3.63) is 53.3 Å². The van der Waals surface area contributed by atoms with E-state index in [4.69, 9.17) is 5.26 Å². The minimum absolute atomic E-state index is 0.218. The van der Waals surface area contributed by atoms with E-state index in [2.05, 4.69) is 15.3 Å². The molecule has 0 saturated heterocycles. The first kappa shape index (κ1) is 12.3. The maximum Gasteiger partial charge on any atom is 0.255 e. The number of benzene rings is 1. The molecule has 3 aromatic rings. The van der Waals surface area contributed by atoms with Gasteiger partial charge in [0, 0.05) is 17.4 Å². The lowest BCUT2D eigenvalue weighted by atomic mass is 10.2. The highest BCUT2D eigenvalue weighted by Crippen LogP contribution is 2.22. The van der Waals surface area contributed by atoms with Crippen LogP contribution in [-0.4, -0.2) is 15.9 Å². The number of nitriles is 1. The summed E-state index contributed by atoms with van der Waals surface area (Å²) < 4.78 is 1.01. The summed E-state index contributed by atoms with van der Waals surface area (Å²) in [5, 5.41) is 11.6. The van der Waals surface area contributed by atoms with E-state index in [1.54, 1.807) is 17.6 Å². The van der Waals surface area contributed by atoms with Crippen LogP contribution in [0.15, 0.2) is 42.0 Å². The molecule has 0 aliphatic carbocycles. The van der Waals surface area contributed by atoms with Crippen LogP contribution >= 0.6 is 11.3 Å². The number of carbonyl (C=O) groups is 1. The molecule has 1 N–H and O–H groups in total. The van der Waals surface area contributed by atoms with Gasteiger partial charge in [-0.25, -0.2) is 9.97 Å². The molecule has 1 amide bonds. The molecule has 20 heavy (non-hydrogen) atoms. The van der Waals surface area contributed by atoms with Crippen LogP contribution in [0.1, 0.15) is 16.1 Å². The Hall–Kier alpha value is -2.78. The second-order valence-electron chi connectivity index (χ2n) is 4.03. The van der Waals surface area contributed by atoms with Crippen molar-refractivity contribution in [3.8, 4) is 6.07 Å². The Morgan fingerprint density at radius 2 is 2.15 bits per heavy atom. The number of carbonyl (C=O) groups excluding carboxylic acids is 1. The predicted molar refractivity (Wildman–Crippen MR) is 76.5 cm³/mol. The van der Waals surface area contributed by atoms with E-state index in [-0.39, 0.29) is 11.6 Å². The number of amides is 1. The van der Waals surface area contributed by atoms with Gasteiger partial charge in [-0.2, -0.15) is 5.26 Å². The summed E-state index contributed by atoms with van der Waals surface area (Å²) in [6.07, 6.45) is 1.44. The molecule has 0 bridgehead atoms. The van der Waals surface area contributed by atoms with E-state index >= 15 is 0 Å². The molecular weight excluding hydrogens is 272 g/mol. The Kier molecular flexibility index (Phi) is 3.11. The fraction of sp³-hybridized carbons (Fsp3) is 0. The predicted octanol–water partition coefficient (Wildman–Crippen LogP) is 2.82. The van der Waals surface area contributed by atoms with Gasteiger partial charge in [0.1, 0.15) is 11.8 Å². The minimum atomic E-state index is -0.271. The number of aromatic nitrogens is 2. The first-order valence-electron chi connectivity index (χ1n) is 5.77. The Morgan fingerprint density at radius 1 is 1.25 bits per heavy atom. The smallest absolute Gasteiger partial charge is 0.255 e. The van der Waals surface area contributed by atoms with Gasteiger partial charge >= 0.3 is 0 Å². The number of hydrogen-bond acceptors (Lipinski definition) is 5. The maximum atomic E-state index is 12.1. The topological polar surface area (TPSA) is 78.7 Å². The minimum Gasteiger partial charge on any atom is -0.322 e. The zero-order valence-corrected chi connectivity index (χ0v) is 11.0. The Labute approximate surface area is 118 Å². The van der Waals surface area contributed by atoms with Gasteiger partial charge in [0.25, 0.3) is 5.91 Å². The molecule has 2 heterocycles. The number of anilines is 1. The Balaban J connectivity index is 1.86. The second kappa shape index (κ2) is 5.07. The first-order chi connectivity index (χ1) is 9.76. The van der Waals surface area contributed by atoms with Crippen molar-refractivity contribution in [1.29, 1.82) is 5.26 Å². The SMILES string of the molecule is N#Cc1cc(C(=O)Nc2ccc3ncsc3c2)ccn1. The van der Waals surface area contributed by atoms with Crippen LogP contribution in [-0.2, 0) is 0 Å². The fourth-order valence-corrected chi connectivity index (χ4v) is 2.49. The van der Waals surface area contributed by atoms with Crippen LogP contribution in [0.25, 0.3) is 10.2 Å². The second-order valence-corrected chi connectivity index (χ2v) is 4.92. The van der Waals surface area contributed by atoms with Gasteiger partial charge in [-0.05, 0) is 30.3 Å². The lowest BCUT2D eigenvalue weighted by Gasteiger charge is -2.05. The normalized spacial score (nSPS) is 10.2. The standard InChI is InChI=1S/C14H8N4OS/c15-7-11-5-9(3-4-16-11)14(19)18-10-1-2-12-13(6-10)20-8-17-12/h1-6,8H,(H,18,19). The van der Waals surface area contributed by atoms with Gasteiger partial charge in [0.15, 0.2) is 0 Å². The number of rotatable bonds is 2. The summed E-state index contributed by atoms with van der Waals surface area (Å²) >= 11 is 1.51. The van der Waals surface area contributed by atoms with Gasteiger partial charge < -0.3 is 5.32 Å². The van der Waals surface area contributed by atoms with E-state index in [1.807, 2.05) is 18.2 Å². The lowest BCUT2D eigenvalue weighted by Crippen LogP contribution is -2.12. The molecule has 5 nitrogen and oxygen atoms in total. The number of thiazole rings is 1. The van der Waals surface area contributed by atoms with Crippen molar-refractivity contribution in [2.24, 2.45) is 0 Å². The van der Waals surface area contributed by atoms with Crippen LogP contribution in [0.5, 0.6) is 0 Å². The summed E-state index contributed by atoms with van der Waals surface area (Å²) in [6, 6.07) is 10.5. The number of fused-ring (bicyclic) bond motifs is 1. The van der Waals surface area contributed by atoms with Gasteiger partial charge in [0.05, 0.1) is 15.7 Å². The van der Waals surface area contributed by atoms with Crippen molar-refractivity contribution in [3.63, 3.8) is 0 Å². The molecule has 0 aliphatic rings. The quantitative estimate of drug-likeness (QED) is 0.782. The third-order valence-electron chi connectivity index (χ3n) is 2.73. The van der Waals surface area contributed by atoms with Gasteiger partial charge in [0.2, 0.25) is 0 Å². The van der Waals surface area contributed by atoms with E-state index in [0.717, 1.165) is 10.2 Å². The molecule has 96 valence electrons. The molecule has 0 fully saturated rings. The van der Waals surface area contributed by atoms with Crippen molar-refractivity contribution in [1.82, 2.24) is 9.97 Å². The summed E-state index contributed by atoms with van der Waals surface area (Å²) in [4.78, 5) is 20.1. The lowest BCUT2D eigenvalue weighted by molar-refractivity contribution is 0.102. The third kappa shape index (κ3) is 2.35. The van der Waals surface area contributed by atoms with E-state index in [0.29, 0.717) is 11.3 Å². The molecule has 2 aromatic heterocycles. The van der Waals surface area contributed by atoms with Gasteiger partial charge in [-0.15, -0.1) is 11.3 Å². The molecule has 0 spiro atoms. The van der Waals surface area contributed by atoms with Crippen LogP contribution in [0.4, 0.5) is 5.69 Å². The van der Waals surface area contributed by atoms with Crippen molar-refractivity contribution in [2.45, 2.75) is 0 Å². The van der Waals surface area contributed by atoms with Crippen molar-refractivity contribution in [2.75, 3.05) is 5.32 Å². The summed E-state index contributed by atoms with van der Waals surface area (Å²) in [5.41, 5.74) is 3.99. The van der Waals surface area contributed by atoms with Crippen LogP contribution in [0.3, 0.4) is 0 Å². The number of nitrogens with one attached hydrogen (secondary N) is 1. The van der Waals surface area contributed by atoms with E-state index in [9.17, 15) is 4.79 Å². The summed E-state index contributed by atoms with van der Waals surface area (Å²) in [5.74, 6) is -0.271. The van der Waals surface area contributed by atoms with Crippen LogP contribution in [0, 0.1) is 11.3 Å². The molecule has 6 heteroatoms. The zero-order chi connectivity index (χ0) is 13.9. The van der Waals surface area contributed by atoms with Crippen molar-refractivity contribution < 1.29 is 4.79 Å². The van der Waals surface area contributed by atoms with E-state index < -0.39 is 0 Å².